The number of anilines is 1. The standard InChI is InChI=1S/C35H42N4O4/c1-5-31(41)38-21-10-9-15-30(38)34(43)39(29-18-16-27(17-19-29)35(2,3)4)32(26-14-11-20-36-23-26)33(42)37-28(24-40)22-25-12-7-6-8-13-25/h5-8,11-14,16-20,23,28,30,32,40H,1,9-10,15,21-22,24H2,2-4H3,(H,37,42). The lowest BCUT2D eigenvalue weighted by Gasteiger charge is -2.40. The molecule has 226 valence electrons. The SMILES string of the molecule is C=CC(=O)N1CCCCC1C(=O)N(c1ccc(C(C)(C)C)cc1)C(C(=O)NC(CO)Cc1ccccc1)c1cccnc1. The molecular weight excluding hydrogens is 540 g/mol. The molecule has 3 atom stereocenters. The molecule has 1 aliphatic heterocycles. The van der Waals surface area contributed by atoms with E-state index in [1.54, 1.807) is 29.4 Å². The van der Waals surface area contributed by atoms with E-state index in [9.17, 15) is 19.5 Å². The van der Waals surface area contributed by atoms with Gasteiger partial charge in [-0.05, 0) is 66.5 Å². The number of hydrogen-bond acceptors (Lipinski definition) is 5. The normalized spacial score (nSPS) is 16.6. The van der Waals surface area contributed by atoms with Crippen molar-refractivity contribution in [1.82, 2.24) is 15.2 Å². The number of rotatable bonds is 10. The van der Waals surface area contributed by atoms with Crippen LogP contribution >= 0.6 is 0 Å². The molecule has 8 nitrogen and oxygen atoms in total. The van der Waals surface area contributed by atoms with E-state index in [2.05, 4.69) is 37.7 Å². The van der Waals surface area contributed by atoms with E-state index in [-0.39, 0.29) is 23.8 Å². The molecule has 8 heteroatoms. The van der Waals surface area contributed by atoms with Crippen molar-refractivity contribution in [3.63, 3.8) is 0 Å². The first kappa shape index (κ1) is 31.6. The number of piperidine rings is 1. The van der Waals surface area contributed by atoms with Crippen LogP contribution in [0.3, 0.4) is 0 Å². The number of likely N-dealkylation sites (tertiary alicyclic amines) is 1. The largest absolute Gasteiger partial charge is 0.394 e. The van der Waals surface area contributed by atoms with Crippen LogP contribution in [0.15, 0.2) is 91.8 Å². The lowest BCUT2D eigenvalue weighted by Crippen LogP contribution is -2.56. The zero-order valence-corrected chi connectivity index (χ0v) is 25.3. The van der Waals surface area contributed by atoms with Crippen LogP contribution in [-0.2, 0) is 26.2 Å². The summed E-state index contributed by atoms with van der Waals surface area (Å²) in [6, 6.07) is 18.3. The average molecular weight is 583 g/mol. The number of nitrogens with zero attached hydrogens (tertiary/aromatic N) is 3. The van der Waals surface area contributed by atoms with E-state index in [1.165, 1.54) is 11.0 Å². The van der Waals surface area contributed by atoms with Gasteiger partial charge in [0, 0.05) is 30.2 Å². The Morgan fingerprint density at radius 2 is 1.79 bits per heavy atom. The van der Waals surface area contributed by atoms with Gasteiger partial charge in [-0.2, -0.15) is 0 Å². The third kappa shape index (κ3) is 7.76. The number of hydrogen-bond donors (Lipinski definition) is 2. The highest BCUT2D eigenvalue weighted by Gasteiger charge is 2.40. The van der Waals surface area contributed by atoms with Crippen LogP contribution in [0.5, 0.6) is 0 Å². The zero-order chi connectivity index (χ0) is 31.0. The molecule has 2 N–H and O–H groups in total. The van der Waals surface area contributed by atoms with Gasteiger partial charge in [-0.15, -0.1) is 0 Å². The highest BCUT2D eigenvalue weighted by molar-refractivity contribution is 6.05. The van der Waals surface area contributed by atoms with Crippen molar-refractivity contribution in [3.8, 4) is 0 Å². The van der Waals surface area contributed by atoms with Crippen LogP contribution in [0.1, 0.15) is 62.8 Å². The first-order valence-electron chi connectivity index (χ1n) is 14.9. The molecule has 0 spiro atoms. The predicted molar refractivity (Wildman–Crippen MR) is 168 cm³/mol. The van der Waals surface area contributed by atoms with E-state index in [0.717, 1.165) is 24.0 Å². The molecule has 4 rings (SSSR count). The summed E-state index contributed by atoms with van der Waals surface area (Å²) < 4.78 is 0. The summed E-state index contributed by atoms with van der Waals surface area (Å²) in [6.45, 7) is 10.1. The first-order valence-corrected chi connectivity index (χ1v) is 14.9. The molecule has 0 bridgehead atoms. The summed E-state index contributed by atoms with van der Waals surface area (Å²) in [5.74, 6) is -1.12. The van der Waals surface area contributed by atoms with Crippen molar-refractivity contribution >= 4 is 23.4 Å². The van der Waals surface area contributed by atoms with Gasteiger partial charge in [-0.25, -0.2) is 0 Å². The Labute approximate surface area is 254 Å². The maximum atomic E-state index is 14.6. The van der Waals surface area contributed by atoms with E-state index >= 15 is 0 Å². The number of benzene rings is 2. The quantitative estimate of drug-likeness (QED) is 0.336. The van der Waals surface area contributed by atoms with E-state index in [0.29, 0.717) is 30.6 Å². The van der Waals surface area contributed by atoms with Crippen molar-refractivity contribution in [1.29, 1.82) is 0 Å². The number of aliphatic hydroxyl groups is 1. The summed E-state index contributed by atoms with van der Waals surface area (Å²) >= 11 is 0. The Kier molecular flexibility index (Phi) is 10.5. The second-order valence-corrected chi connectivity index (χ2v) is 12.0. The zero-order valence-electron chi connectivity index (χ0n) is 25.3. The lowest BCUT2D eigenvalue weighted by molar-refractivity contribution is -0.138. The third-order valence-corrected chi connectivity index (χ3v) is 7.89. The molecule has 1 aromatic heterocycles. The predicted octanol–water partition coefficient (Wildman–Crippen LogP) is 4.74. The smallest absolute Gasteiger partial charge is 0.250 e. The highest BCUT2D eigenvalue weighted by Crippen LogP contribution is 2.33. The fourth-order valence-electron chi connectivity index (χ4n) is 5.55. The maximum absolute atomic E-state index is 14.6. The molecule has 2 heterocycles. The topological polar surface area (TPSA) is 103 Å². The Morgan fingerprint density at radius 1 is 1.07 bits per heavy atom. The van der Waals surface area contributed by atoms with E-state index < -0.39 is 24.0 Å². The molecule has 3 amide bonds. The minimum atomic E-state index is -1.10. The Hall–Kier alpha value is -4.30. The van der Waals surface area contributed by atoms with Gasteiger partial charge < -0.3 is 15.3 Å². The molecule has 3 aromatic rings. The van der Waals surface area contributed by atoms with Crippen LogP contribution in [0.2, 0.25) is 0 Å². The lowest BCUT2D eigenvalue weighted by atomic mass is 9.87. The summed E-state index contributed by atoms with van der Waals surface area (Å²) in [4.78, 5) is 49.0. The third-order valence-electron chi connectivity index (χ3n) is 7.89. The highest BCUT2D eigenvalue weighted by atomic mass is 16.3. The van der Waals surface area contributed by atoms with E-state index in [1.807, 2.05) is 54.6 Å². The van der Waals surface area contributed by atoms with Crippen molar-refractivity contribution in [2.24, 2.45) is 0 Å². The molecule has 3 unspecified atom stereocenters. The number of amides is 3. The fraction of sp³-hybridized carbons (Fsp3) is 0.371. The van der Waals surface area contributed by atoms with Gasteiger partial charge in [-0.1, -0.05) is 75.9 Å². The summed E-state index contributed by atoms with van der Waals surface area (Å²) in [5, 5.41) is 13.2. The van der Waals surface area contributed by atoms with Gasteiger partial charge in [0.25, 0.3) is 5.91 Å². The summed E-state index contributed by atoms with van der Waals surface area (Å²) in [5.41, 5.74) is 2.97. The van der Waals surface area contributed by atoms with E-state index in [4.69, 9.17) is 0 Å². The second-order valence-electron chi connectivity index (χ2n) is 12.0. The van der Waals surface area contributed by atoms with Gasteiger partial charge in [0.15, 0.2) is 0 Å². The molecule has 0 aliphatic carbocycles. The Morgan fingerprint density at radius 3 is 2.40 bits per heavy atom. The molecular formula is C35H42N4O4. The van der Waals surface area contributed by atoms with Gasteiger partial charge in [0.2, 0.25) is 11.8 Å². The molecule has 1 fully saturated rings. The van der Waals surface area contributed by atoms with Crippen molar-refractivity contribution in [2.45, 2.75) is 70.0 Å². The molecule has 1 aliphatic rings. The summed E-state index contributed by atoms with van der Waals surface area (Å²) in [7, 11) is 0. The average Bonchev–Trinajstić information content (AvgIpc) is 3.03. The molecule has 2 aromatic carbocycles. The van der Waals surface area contributed by atoms with Gasteiger partial charge in [-0.3, -0.25) is 24.3 Å². The van der Waals surface area contributed by atoms with Crippen LogP contribution in [0.25, 0.3) is 0 Å². The van der Waals surface area contributed by atoms with Crippen LogP contribution < -0.4 is 10.2 Å². The van der Waals surface area contributed by atoms with Crippen LogP contribution in [0.4, 0.5) is 5.69 Å². The van der Waals surface area contributed by atoms with Gasteiger partial charge in [0.05, 0.1) is 12.6 Å². The van der Waals surface area contributed by atoms with Crippen molar-refractivity contribution in [2.75, 3.05) is 18.1 Å². The Balaban J connectivity index is 1.79. The first-order chi connectivity index (χ1) is 20.6. The van der Waals surface area contributed by atoms with Crippen LogP contribution in [0, 0.1) is 0 Å². The number of carbonyl (C=O) groups excluding carboxylic acids is 3. The summed E-state index contributed by atoms with van der Waals surface area (Å²) in [6.07, 6.45) is 6.88. The maximum Gasteiger partial charge on any atom is 0.250 e. The molecule has 1 saturated heterocycles. The minimum absolute atomic E-state index is 0.115. The molecule has 0 saturated carbocycles. The number of pyridine rings is 1. The van der Waals surface area contributed by atoms with Crippen molar-refractivity contribution in [3.05, 3.63) is 108 Å². The number of carbonyl (C=O) groups is 3. The number of aromatic nitrogens is 1. The van der Waals surface area contributed by atoms with Gasteiger partial charge >= 0.3 is 0 Å². The number of nitrogens with one attached hydrogen (secondary N) is 1. The number of aliphatic hydroxyl groups excluding tert-OH is 1. The minimum Gasteiger partial charge on any atom is -0.394 e. The molecule has 0 radical (unpaired) electrons. The fourth-order valence-corrected chi connectivity index (χ4v) is 5.55. The van der Waals surface area contributed by atoms with Crippen LogP contribution in [-0.4, -0.2) is 57.9 Å². The Bertz CT molecular complexity index is 1390. The monoisotopic (exact) mass is 582 g/mol. The van der Waals surface area contributed by atoms with Crippen molar-refractivity contribution < 1.29 is 19.5 Å². The second kappa shape index (κ2) is 14.2. The molecule has 43 heavy (non-hydrogen) atoms. The van der Waals surface area contributed by atoms with Gasteiger partial charge in [0.1, 0.15) is 12.1 Å².